The number of rotatable bonds is 6. The SMILES string of the molecule is CCOc1ncccc1CNC(=NC)NCc1nnc2ccccn12. The third-order valence-corrected chi connectivity index (χ3v) is 3.60. The number of nitrogens with one attached hydrogen (secondary N) is 2. The van der Waals surface area contributed by atoms with E-state index in [0.29, 0.717) is 31.5 Å². The zero-order valence-electron chi connectivity index (χ0n) is 14.3. The molecule has 8 heteroatoms. The third-order valence-electron chi connectivity index (χ3n) is 3.60. The number of aromatic nitrogens is 4. The fourth-order valence-corrected chi connectivity index (χ4v) is 2.40. The molecule has 0 bridgehead atoms. The van der Waals surface area contributed by atoms with E-state index in [2.05, 4.69) is 30.8 Å². The maximum absolute atomic E-state index is 5.54. The second-order valence-corrected chi connectivity index (χ2v) is 5.23. The summed E-state index contributed by atoms with van der Waals surface area (Å²) in [6.45, 7) is 3.59. The topological polar surface area (TPSA) is 88.7 Å². The van der Waals surface area contributed by atoms with Crippen molar-refractivity contribution in [3.8, 4) is 5.88 Å². The zero-order chi connectivity index (χ0) is 17.5. The maximum Gasteiger partial charge on any atom is 0.218 e. The quantitative estimate of drug-likeness (QED) is 0.521. The molecule has 0 saturated heterocycles. The lowest BCUT2D eigenvalue weighted by molar-refractivity contribution is 0.322. The van der Waals surface area contributed by atoms with E-state index in [9.17, 15) is 0 Å². The highest BCUT2D eigenvalue weighted by Crippen LogP contribution is 2.13. The van der Waals surface area contributed by atoms with Crippen molar-refractivity contribution in [2.75, 3.05) is 13.7 Å². The molecule has 0 aromatic carbocycles. The average Bonchev–Trinajstić information content (AvgIpc) is 3.06. The Morgan fingerprint density at radius 1 is 1.16 bits per heavy atom. The minimum absolute atomic E-state index is 0.510. The van der Waals surface area contributed by atoms with Gasteiger partial charge in [0.1, 0.15) is 0 Å². The number of ether oxygens (including phenoxy) is 1. The minimum atomic E-state index is 0.510. The van der Waals surface area contributed by atoms with E-state index in [4.69, 9.17) is 4.74 Å². The van der Waals surface area contributed by atoms with Crippen LogP contribution in [0.3, 0.4) is 0 Å². The number of pyridine rings is 2. The molecule has 3 aromatic heterocycles. The summed E-state index contributed by atoms with van der Waals surface area (Å²) in [5.41, 5.74) is 1.79. The molecule has 0 aliphatic carbocycles. The first-order chi connectivity index (χ1) is 12.3. The van der Waals surface area contributed by atoms with Crippen molar-refractivity contribution in [1.82, 2.24) is 30.2 Å². The Balaban J connectivity index is 1.60. The van der Waals surface area contributed by atoms with Gasteiger partial charge in [-0.1, -0.05) is 12.1 Å². The van der Waals surface area contributed by atoms with Crippen LogP contribution in [0, 0.1) is 0 Å². The van der Waals surface area contributed by atoms with Gasteiger partial charge in [-0.15, -0.1) is 10.2 Å². The van der Waals surface area contributed by atoms with Gasteiger partial charge in [0.15, 0.2) is 17.4 Å². The summed E-state index contributed by atoms with van der Waals surface area (Å²) in [6.07, 6.45) is 3.66. The van der Waals surface area contributed by atoms with Gasteiger partial charge in [-0.05, 0) is 25.1 Å². The summed E-state index contributed by atoms with van der Waals surface area (Å²) in [7, 11) is 1.73. The molecule has 0 atom stereocenters. The fraction of sp³-hybridized carbons (Fsp3) is 0.294. The van der Waals surface area contributed by atoms with Crippen molar-refractivity contribution in [1.29, 1.82) is 0 Å². The van der Waals surface area contributed by atoms with Crippen LogP contribution in [0.2, 0.25) is 0 Å². The van der Waals surface area contributed by atoms with Gasteiger partial charge >= 0.3 is 0 Å². The monoisotopic (exact) mass is 339 g/mol. The summed E-state index contributed by atoms with van der Waals surface area (Å²) in [6, 6.07) is 9.67. The number of aliphatic imine (C=N–C) groups is 1. The van der Waals surface area contributed by atoms with Crippen LogP contribution in [0.5, 0.6) is 5.88 Å². The summed E-state index contributed by atoms with van der Waals surface area (Å²) in [4.78, 5) is 8.48. The molecule has 0 amide bonds. The van der Waals surface area contributed by atoms with Crippen molar-refractivity contribution in [3.63, 3.8) is 0 Å². The molecule has 3 aromatic rings. The lowest BCUT2D eigenvalue weighted by atomic mass is 10.2. The van der Waals surface area contributed by atoms with Crippen LogP contribution in [0.4, 0.5) is 0 Å². The Bertz CT molecular complexity index is 859. The highest BCUT2D eigenvalue weighted by Gasteiger charge is 2.07. The summed E-state index contributed by atoms with van der Waals surface area (Å²) in [5, 5.41) is 14.8. The first-order valence-electron chi connectivity index (χ1n) is 8.11. The summed E-state index contributed by atoms with van der Waals surface area (Å²) < 4.78 is 7.48. The van der Waals surface area contributed by atoms with Crippen LogP contribution in [-0.4, -0.2) is 39.2 Å². The molecule has 0 unspecified atom stereocenters. The van der Waals surface area contributed by atoms with Gasteiger partial charge in [0.05, 0.1) is 13.2 Å². The van der Waals surface area contributed by atoms with E-state index in [-0.39, 0.29) is 0 Å². The van der Waals surface area contributed by atoms with E-state index in [0.717, 1.165) is 17.0 Å². The van der Waals surface area contributed by atoms with Crippen LogP contribution in [0.25, 0.3) is 5.65 Å². The van der Waals surface area contributed by atoms with Crippen molar-refractivity contribution in [2.24, 2.45) is 4.99 Å². The second-order valence-electron chi connectivity index (χ2n) is 5.23. The van der Waals surface area contributed by atoms with E-state index in [1.165, 1.54) is 0 Å². The first kappa shape index (κ1) is 16.7. The van der Waals surface area contributed by atoms with Gasteiger partial charge in [0.2, 0.25) is 5.88 Å². The molecule has 0 saturated carbocycles. The molecule has 2 N–H and O–H groups in total. The number of hydrogen-bond acceptors (Lipinski definition) is 5. The second kappa shape index (κ2) is 8.09. The number of nitrogens with zero attached hydrogens (tertiary/aromatic N) is 5. The Kier molecular flexibility index (Phi) is 5.40. The fourth-order valence-electron chi connectivity index (χ4n) is 2.40. The third kappa shape index (κ3) is 4.03. The van der Waals surface area contributed by atoms with E-state index in [1.807, 2.05) is 47.9 Å². The van der Waals surface area contributed by atoms with Crippen molar-refractivity contribution >= 4 is 11.6 Å². The number of hydrogen-bond donors (Lipinski definition) is 2. The van der Waals surface area contributed by atoms with Crippen molar-refractivity contribution in [3.05, 3.63) is 54.1 Å². The molecule has 130 valence electrons. The average molecular weight is 339 g/mol. The van der Waals surface area contributed by atoms with Crippen LogP contribution >= 0.6 is 0 Å². The highest BCUT2D eigenvalue weighted by atomic mass is 16.5. The predicted octanol–water partition coefficient (Wildman–Crippen LogP) is 1.39. The number of guanidine groups is 1. The van der Waals surface area contributed by atoms with Crippen molar-refractivity contribution < 1.29 is 4.74 Å². The Morgan fingerprint density at radius 2 is 2.04 bits per heavy atom. The summed E-state index contributed by atoms with van der Waals surface area (Å²) >= 11 is 0. The number of fused-ring (bicyclic) bond motifs is 1. The normalized spacial score (nSPS) is 11.5. The van der Waals surface area contributed by atoms with Gasteiger partial charge in [0.25, 0.3) is 0 Å². The van der Waals surface area contributed by atoms with Gasteiger partial charge in [0, 0.05) is 31.5 Å². The Hall–Kier alpha value is -3.16. The van der Waals surface area contributed by atoms with Crippen LogP contribution in [-0.2, 0) is 13.1 Å². The molecular formula is C17H21N7O. The van der Waals surface area contributed by atoms with Crippen LogP contribution in [0.15, 0.2) is 47.7 Å². The zero-order valence-corrected chi connectivity index (χ0v) is 14.3. The molecule has 25 heavy (non-hydrogen) atoms. The molecular weight excluding hydrogens is 318 g/mol. The van der Waals surface area contributed by atoms with Crippen LogP contribution in [0.1, 0.15) is 18.3 Å². The van der Waals surface area contributed by atoms with E-state index in [1.54, 1.807) is 13.2 Å². The standard InChI is InChI=1S/C17H21N7O/c1-3-25-16-13(7-6-9-19-16)11-20-17(18-2)21-12-15-23-22-14-8-4-5-10-24(14)15/h4-10H,3,11-12H2,1-2H3,(H2,18,20,21). The molecule has 3 heterocycles. The largest absolute Gasteiger partial charge is 0.478 e. The maximum atomic E-state index is 5.54. The van der Waals surface area contributed by atoms with Gasteiger partial charge in [-0.3, -0.25) is 9.39 Å². The van der Waals surface area contributed by atoms with Crippen LogP contribution < -0.4 is 15.4 Å². The molecule has 3 rings (SSSR count). The van der Waals surface area contributed by atoms with Crippen molar-refractivity contribution in [2.45, 2.75) is 20.0 Å². The summed E-state index contributed by atoms with van der Waals surface area (Å²) in [5.74, 6) is 2.12. The molecule has 0 aliphatic rings. The van der Waals surface area contributed by atoms with E-state index >= 15 is 0 Å². The molecule has 8 nitrogen and oxygen atoms in total. The smallest absolute Gasteiger partial charge is 0.218 e. The van der Waals surface area contributed by atoms with Gasteiger partial charge in [-0.2, -0.15) is 0 Å². The molecule has 0 spiro atoms. The Morgan fingerprint density at radius 3 is 2.88 bits per heavy atom. The lowest BCUT2D eigenvalue weighted by Crippen LogP contribution is -2.36. The van der Waals surface area contributed by atoms with Gasteiger partial charge in [-0.25, -0.2) is 4.98 Å². The van der Waals surface area contributed by atoms with E-state index < -0.39 is 0 Å². The molecule has 0 radical (unpaired) electrons. The van der Waals surface area contributed by atoms with Gasteiger partial charge < -0.3 is 15.4 Å². The highest BCUT2D eigenvalue weighted by molar-refractivity contribution is 5.79. The first-order valence-corrected chi connectivity index (χ1v) is 8.11. The Labute approximate surface area is 146 Å². The minimum Gasteiger partial charge on any atom is -0.478 e. The molecule has 0 fully saturated rings. The lowest BCUT2D eigenvalue weighted by Gasteiger charge is -2.13. The predicted molar refractivity (Wildman–Crippen MR) is 95.4 cm³/mol. The molecule has 0 aliphatic heterocycles.